The van der Waals surface area contributed by atoms with E-state index in [-0.39, 0.29) is 54.8 Å². The lowest BCUT2D eigenvalue weighted by Crippen LogP contribution is -2.70. The summed E-state index contributed by atoms with van der Waals surface area (Å²) in [6.45, 7) is 10.7. The molecule has 1 aliphatic heterocycles. The number of aliphatic hydroxyl groups excluding tert-OH is 4. The van der Waals surface area contributed by atoms with E-state index in [1.54, 1.807) is 27.7 Å². The van der Waals surface area contributed by atoms with Gasteiger partial charge in [0.2, 0.25) is 0 Å². The molecule has 0 aromatic heterocycles. The first-order valence-corrected chi connectivity index (χ1v) is 21.7. The Morgan fingerprint density at radius 2 is 1.48 bits per heavy atom. The lowest BCUT2D eigenvalue weighted by atomic mass is 9.44. The van der Waals surface area contributed by atoms with Crippen LogP contribution in [-0.2, 0) is 28.7 Å². The van der Waals surface area contributed by atoms with Crippen molar-refractivity contribution in [3.8, 4) is 0 Å². The third kappa shape index (κ3) is 5.33. The Bertz CT molecular complexity index is 1980. The van der Waals surface area contributed by atoms with E-state index in [2.05, 4.69) is 0 Å². The Hall–Kier alpha value is -2.59. The van der Waals surface area contributed by atoms with Gasteiger partial charge in [0.1, 0.15) is 31.2 Å². The van der Waals surface area contributed by atoms with Gasteiger partial charge in [0, 0.05) is 28.6 Å². The van der Waals surface area contributed by atoms with Crippen LogP contribution in [-0.4, -0.2) is 115 Å². The van der Waals surface area contributed by atoms with Crippen LogP contribution in [0.3, 0.4) is 0 Å². The predicted molar refractivity (Wildman–Crippen MR) is 209 cm³/mol. The van der Waals surface area contributed by atoms with Crippen molar-refractivity contribution in [3.63, 3.8) is 0 Å². The van der Waals surface area contributed by atoms with E-state index in [0.29, 0.717) is 31.3 Å². The number of hydrogen-bond acceptors (Lipinski definition) is 11. The SMILES string of the molecule is CC1(C)O[C@@H]2C[C@H]3[C@@H]4C[C@H](F)C5=CC(=O)CC[C@]5(C)[C@H]4[C@@H](O)C[C@]3(C)[C@]2(C(=O)CO)O1.C[C@H]1C[C@H]2[C@@H]3C[C@H](F)C4=CC(=O)C=C[C@]4(C)[C@@]3(F)[C@@H](O)C[C@]2(C)[C@@]1(O)C(=O)CO. The highest BCUT2D eigenvalue weighted by molar-refractivity contribution is 6.01. The van der Waals surface area contributed by atoms with Crippen LogP contribution in [0.25, 0.3) is 0 Å². The molecule has 0 aromatic carbocycles. The van der Waals surface area contributed by atoms with Crippen molar-refractivity contribution in [1.82, 2.24) is 0 Å². The summed E-state index contributed by atoms with van der Waals surface area (Å²) >= 11 is 0. The van der Waals surface area contributed by atoms with Crippen molar-refractivity contribution in [2.24, 2.45) is 57.2 Å². The molecule has 0 amide bonds. The number of ketones is 4. The first kappa shape index (κ1) is 44.0. The number of rotatable bonds is 4. The Kier molecular flexibility index (Phi) is 10.1. The van der Waals surface area contributed by atoms with Gasteiger partial charge in [-0.3, -0.25) is 19.2 Å². The molecule has 9 aliphatic rings. The Labute approximate surface area is 348 Å². The van der Waals surface area contributed by atoms with Crippen molar-refractivity contribution in [2.75, 3.05) is 13.2 Å². The van der Waals surface area contributed by atoms with Gasteiger partial charge in [0.25, 0.3) is 0 Å². The van der Waals surface area contributed by atoms with Crippen LogP contribution in [0.1, 0.15) is 99.8 Å². The summed E-state index contributed by atoms with van der Waals surface area (Å²) in [6, 6.07) is 0. The summed E-state index contributed by atoms with van der Waals surface area (Å²) < 4.78 is 60.0. The van der Waals surface area contributed by atoms with Crippen LogP contribution in [0, 0.1) is 57.2 Å². The Morgan fingerprint density at radius 1 is 0.833 bits per heavy atom. The highest BCUT2D eigenvalue weighted by Crippen LogP contribution is 2.73. The zero-order valence-electron chi connectivity index (χ0n) is 35.6. The monoisotopic (exact) mass is 846 g/mol. The molecular weight excluding hydrogens is 785 g/mol. The molecule has 60 heavy (non-hydrogen) atoms. The molecule has 6 saturated carbocycles. The molecule has 9 rings (SSSR count). The topological polar surface area (TPSA) is 188 Å². The molecule has 0 bridgehead atoms. The summed E-state index contributed by atoms with van der Waals surface area (Å²) in [5.41, 5.74) is -9.00. The van der Waals surface area contributed by atoms with Crippen LogP contribution >= 0.6 is 0 Å². The summed E-state index contributed by atoms with van der Waals surface area (Å²) in [4.78, 5) is 49.5. The van der Waals surface area contributed by atoms with Gasteiger partial charge in [-0.1, -0.05) is 33.8 Å². The van der Waals surface area contributed by atoms with Crippen molar-refractivity contribution >= 4 is 23.1 Å². The molecule has 8 aliphatic carbocycles. The van der Waals surface area contributed by atoms with Crippen molar-refractivity contribution in [1.29, 1.82) is 0 Å². The zero-order chi connectivity index (χ0) is 44.1. The second-order valence-corrected chi connectivity index (χ2v) is 21.2. The first-order valence-electron chi connectivity index (χ1n) is 21.7. The van der Waals surface area contributed by atoms with Gasteiger partial charge in [0.15, 0.2) is 40.2 Å². The first-order chi connectivity index (χ1) is 27.8. The molecule has 332 valence electrons. The molecular formula is C46H61F3O11. The minimum atomic E-state index is -2.24. The number of ether oxygens (including phenoxy) is 2. The number of hydrogen-bond donors (Lipinski definition) is 5. The van der Waals surface area contributed by atoms with Gasteiger partial charge in [-0.05, 0) is 130 Å². The molecule has 5 N–H and O–H groups in total. The Morgan fingerprint density at radius 3 is 2.13 bits per heavy atom. The quantitative estimate of drug-likeness (QED) is 0.271. The van der Waals surface area contributed by atoms with Crippen LogP contribution in [0.15, 0.2) is 35.5 Å². The van der Waals surface area contributed by atoms with Crippen molar-refractivity contribution in [3.05, 3.63) is 35.5 Å². The van der Waals surface area contributed by atoms with E-state index >= 15 is 13.2 Å². The molecule has 14 heteroatoms. The number of alkyl halides is 3. The lowest BCUT2D eigenvalue weighted by Gasteiger charge is -2.63. The summed E-state index contributed by atoms with van der Waals surface area (Å²) in [6.07, 6.45) is 1.30. The minimum absolute atomic E-state index is 0.0409. The molecule has 0 aromatic rings. The van der Waals surface area contributed by atoms with Gasteiger partial charge in [-0.2, -0.15) is 0 Å². The fraction of sp³-hybridized carbons (Fsp3) is 0.783. The molecule has 18 atom stereocenters. The average molecular weight is 847 g/mol. The van der Waals surface area contributed by atoms with E-state index in [9.17, 15) is 44.7 Å². The summed E-state index contributed by atoms with van der Waals surface area (Å²) in [5.74, 6) is -5.14. The fourth-order valence-electron chi connectivity index (χ4n) is 15.7. The molecule has 1 heterocycles. The zero-order valence-corrected chi connectivity index (χ0v) is 35.6. The molecule has 7 fully saturated rings. The smallest absolute Gasteiger partial charge is 0.193 e. The van der Waals surface area contributed by atoms with Gasteiger partial charge >= 0.3 is 0 Å². The van der Waals surface area contributed by atoms with E-state index < -0.39 is 123 Å². The van der Waals surface area contributed by atoms with E-state index in [0.717, 1.165) is 6.08 Å². The van der Waals surface area contributed by atoms with Crippen LogP contribution in [0.5, 0.6) is 0 Å². The van der Waals surface area contributed by atoms with Crippen molar-refractivity contribution in [2.45, 2.75) is 153 Å². The van der Waals surface area contributed by atoms with Gasteiger partial charge in [-0.25, -0.2) is 13.2 Å². The number of fused-ring (bicyclic) bond motifs is 12. The lowest BCUT2D eigenvalue weighted by molar-refractivity contribution is -0.228. The number of halogens is 3. The molecule has 1 saturated heterocycles. The standard InChI is InChI=1S/C24H33FO6.C22H28F2O5/c1-21(2)30-19-9-14-13-8-16(25)15-7-12(27)5-6-22(15,3)20(13)17(28)10-23(14,4)24(19,31-21)18(29)11-26;1-11-6-13-14-8-16(23)15-7-12(26)4-5-19(15,2)21(14,24)17(27)9-20(13,3)22(11,29)18(28)10-25/h7,13-14,16-17,19-20,26,28H,5-6,8-11H2,1-4H3;4-5,7,11,13-14,16-17,25,27,29H,6,8-10H2,1-3H3/t13-,14-,16-,17-,19+,20+,22-,23-,24+;11-,13-,14-,16-,17-,19-,20-,21-,22-/m00/s1. The highest BCUT2D eigenvalue weighted by Gasteiger charge is 2.78. The average Bonchev–Trinajstić information content (AvgIpc) is 3.67. The van der Waals surface area contributed by atoms with Gasteiger partial charge in [0.05, 0.1) is 18.3 Å². The minimum Gasteiger partial charge on any atom is -0.393 e. The van der Waals surface area contributed by atoms with Crippen LogP contribution in [0.4, 0.5) is 13.2 Å². The third-order valence-electron chi connectivity index (χ3n) is 18.2. The van der Waals surface area contributed by atoms with Crippen LogP contribution < -0.4 is 0 Å². The molecule has 0 radical (unpaired) electrons. The number of carbonyl (C=O) groups is 4. The normalized spacial score (nSPS) is 53.1. The largest absolute Gasteiger partial charge is 0.393 e. The number of Topliss-reactive ketones (excluding diaryl/α,β-unsaturated/α-hetero) is 2. The Balaban J connectivity index is 0.000000167. The fourth-order valence-corrected chi connectivity index (χ4v) is 15.7. The van der Waals surface area contributed by atoms with Gasteiger partial charge < -0.3 is 35.0 Å². The molecule has 0 unspecified atom stereocenters. The maximum atomic E-state index is 16.9. The second kappa shape index (κ2) is 13.7. The van der Waals surface area contributed by atoms with E-state index in [1.165, 1.54) is 25.2 Å². The summed E-state index contributed by atoms with van der Waals surface area (Å²) in [5, 5.41) is 53.2. The van der Waals surface area contributed by atoms with Crippen LogP contribution in [0.2, 0.25) is 0 Å². The maximum absolute atomic E-state index is 16.9. The third-order valence-corrected chi connectivity index (χ3v) is 18.2. The predicted octanol–water partition coefficient (Wildman–Crippen LogP) is 4.34. The van der Waals surface area contributed by atoms with E-state index in [1.807, 2.05) is 13.8 Å². The maximum Gasteiger partial charge on any atom is 0.193 e. The van der Waals surface area contributed by atoms with Crippen molar-refractivity contribution < 1.29 is 67.4 Å². The number of allylic oxidation sites excluding steroid dienone is 5. The summed E-state index contributed by atoms with van der Waals surface area (Å²) in [7, 11) is 0. The van der Waals surface area contributed by atoms with Gasteiger partial charge in [-0.15, -0.1) is 0 Å². The number of carbonyl (C=O) groups excluding carboxylic acids is 4. The number of aliphatic hydroxyl groups is 5. The molecule has 0 spiro atoms. The van der Waals surface area contributed by atoms with E-state index in [4.69, 9.17) is 9.47 Å². The highest BCUT2D eigenvalue weighted by atomic mass is 19.1. The second-order valence-electron chi connectivity index (χ2n) is 21.2. The molecule has 11 nitrogen and oxygen atoms in total.